The summed E-state index contributed by atoms with van der Waals surface area (Å²) < 4.78 is 10.6. The van der Waals surface area contributed by atoms with Crippen molar-refractivity contribution in [2.75, 3.05) is 20.8 Å². The Hall–Kier alpha value is -1.22. The molecular weight excluding hydrogens is 238 g/mol. The van der Waals surface area contributed by atoms with E-state index in [4.69, 9.17) is 9.47 Å². The molecule has 0 fully saturated rings. The maximum Gasteiger partial charge on any atom is 0.160 e. The van der Waals surface area contributed by atoms with Crippen LogP contribution in [0.4, 0.5) is 0 Å². The molecule has 0 heterocycles. The third kappa shape index (κ3) is 5.11. The molecule has 0 aliphatic heterocycles. The van der Waals surface area contributed by atoms with Gasteiger partial charge in [0.1, 0.15) is 0 Å². The molecule has 3 nitrogen and oxygen atoms in total. The molecule has 1 aromatic rings. The third-order valence-electron chi connectivity index (χ3n) is 3.41. The summed E-state index contributed by atoms with van der Waals surface area (Å²) in [5.74, 6) is 1.61. The lowest BCUT2D eigenvalue weighted by molar-refractivity contribution is 0.354. The van der Waals surface area contributed by atoms with E-state index in [0.717, 1.165) is 30.9 Å². The van der Waals surface area contributed by atoms with E-state index >= 15 is 0 Å². The van der Waals surface area contributed by atoms with Crippen molar-refractivity contribution in [1.29, 1.82) is 0 Å². The van der Waals surface area contributed by atoms with Gasteiger partial charge < -0.3 is 14.8 Å². The summed E-state index contributed by atoms with van der Waals surface area (Å²) in [7, 11) is 3.35. The predicted octanol–water partition coefficient (Wildman–Crippen LogP) is 3.41. The number of benzene rings is 1. The second-order valence-electron chi connectivity index (χ2n) is 4.79. The van der Waals surface area contributed by atoms with Crippen LogP contribution in [0.5, 0.6) is 11.5 Å². The number of hydrogen-bond acceptors (Lipinski definition) is 3. The van der Waals surface area contributed by atoms with Crippen LogP contribution in [-0.2, 0) is 6.42 Å². The van der Waals surface area contributed by atoms with E-state index in [9.17, 15) is 0 Å². The number of hydrogen-bond donors (Lipinski definition) is 1. The zero-order valence-electron chi connectivity index (χ0n) is 12.7. The van der Waals surface area contributed by atoms with Gasteiger partial charge in [-0.15, -0.1) is 0 Å². The highest BCUT2D eigenvalue weighted by atomic mass is 16.5. The Kier molecular flexibility index (Phi) is 7.34. The molecule has 1 N–H and O–H groups in total. The van der Waals surface area contributed by atoms with Gasteiger partial charge in [-0.05, 0) is 49.9 Å². The Bertz CT molecular complexity index is 366. The summed E-state index contributed by atoms with van der Waals surface area (Å²) in [6.07, 6.45) is 4.59. The van der Waals surface area contributed by atoms with E-state index in [0.29, 0.717) is 6.04 Å². The number of nitrogens with one attached hydrogen (secondary N) is 1. The smallest absolute Gasteiger partial charge is 0.160 e. The zero-order chi connectivity index (χ0) is 14.1. The van der Waals surface area contributed by atoms with Gasteiger partial charge in [0.2, 0.25) is 0 Å². The fourth-order valence-electron chi connectivity index (χ4n) is 2.18. The van der Waals surface area contributed by atoms with Gasteiger partial charge in [0.15, 0.2) is 11.5 Å². The summed E-state index contributed by atoms with van der Waals surface area (Å²) in [6.45, 7) is 5.54. The summed E-state index contributed by atoms with van der Waals surface area (Å²) >= 11 is 0. The van der Waals surface area contributed by atoms with Crippen LogP contribution in [-0.4, -0.2) is 26.8 Å². The van der Waals surface area contributed by atoms with Gasteiger partial charge >= 0.3 is 0 Å². The van der Waals surface area contributed by atoms with E-state index in [1.54, 1.807) is 14.2 Å². The van der Waals surface area contributed by atoms with Crippen molar-refractivity contribution in [3.8, 4) is 11.5 Å². The zero-order valence-corrected chi connectivity index (χ0v) is 12.7. The van der Waals surface area contributed by atoms with Crippen LogP contribution < -0.4 is 14.8 Å². The quantitative estimate of drug-likeness (QED) is 0.742. The van der Waals surface area contributed by atoms with Gasteiger partial charge in [0.25, 0.3) is 0 Å². The molecule has 1 unspecified atom stereocenters. The molecule has 1 atom stereocenters. The Balaban J connectivity index is 2.56. The van der Waals surface area contributed by atoms with E-state index in [2.05, 4.69) is 31.3 Å². The van der Waals surface area contributed by atoms with Gasteiger partial charge in [-0.25, -0.2) is 0 Å². The first kappa shape index (κ1) is 15.8. The summed E-state index contributed by atoms with van der Waals surface area (Å²) in [6, 6.07) is 6.78. The van der Waals surface area contributed by atoms with Gasteiger partial charge in [0, 0.05) is 6.04 Å². The molecule has 3 heteroatoms. The van der Waals surface area contributed by atoms with Crippen molar-refractivity contribution >= 4 is 0 Å². The lowest BCUT2D eigenvalue weighted by Gasteiger charge is -2.17. The molecule has 0 radical (unpaired) electrons. The summed E-state index contributed by atoms with van der Waals surface area (Å²) in [4.78, 5) is 0. The number of methoxy groups -OCH3 is 2. The first-order chi connectivity index (χ1) is 9.24. The minimum Gasteiger partial charge on any atom is -0.493 e. The Morgan fingerprint density at radius 1 is 1.11 bits per heavy atom. The second kappa shape index (κ2) is 8.81. The molecule has 19 heavy (non-hydrogen) atoms. The second-order valence-corrected chi connectivity index (χ2v) is 4.79. The van der Waals surface area contributed by atoms with Crippen LogP contribution in [0.15, 0.2) is 18.2 Å². The molecule has 0 aromatic heterocycles. The number of ether oxygens (including phenoxy) is 2. The maximum atomic E-state index is 5.33. The highest BCUT2D eigenvalue weighted by Gasteiger charge is 2.08. The average molecular weight is 265 g/mol. The van der Waals surface area contributed by atoms with Crippen LogP contribution in [0, 0.1) is 0 Å². The molecule has 0 aliphatic rings. The normalized spacial score (nSPS) is 12.2. The van der Waals surface area contributed by atoms with Gasteiger partial charge in [-0.1, -0.05) is 19.9 Å². The van der Waals surface area contributed by atoms with Gasteiger partial charge in [-0.3, -0.25) is 0 Å². The lowest BCUT2D eigenvalue weighted by Crippen LogP contribution is -2.29. The molecule has 0 aliphatic carbocycles. The molecule has 0 saturated heterocycles. The minimum absolute atomic E-state index is 0.605. The van der Waals surface area contributed by atoms with Gasteiger partial charge in [-0.2, -0.15) is 0 Å². The first-order valence-electron chi connectivity index (χ1n) is 7.19. The van der Waals surface area contributed by atoms with E-state index in [-0.39, 0.29) is 0 Å². The molecule has 0 spiro atoms. The third-order valence-corrected chi connectivity index (χ3v) is 3.41. The summed E-state index contributed by atoms with van der Waals surface area (Å²) in [5, 5.41) is 3.58. The average Bonchev–Trinajstić information content (AvgIpc) is 2.47. The maximum absolute atomic E-state index is 5.33. The highest BCUT2D eigenvalue weighted by Crippen LogP contribution is 2.28. The Morgan fingerprint density at radius 3 is 2.42 bits per heavy atom. The lowest BCUT2D eigenvalue weighted by atomic mass is 10.0. The monoisotopic (exact) mass is 265 g/mol. The molecular formula is C16H27NO2. The van der Waals surface area contributed by atoms with Crippen molar-refractivity contribution in [1.82, 2.24) is 5.32 Å². The van der Waals surface area contributed by atoms with Crippen molar-refractivity contribution in [2.45, 2.75) is 45.6 Å². The highest BCUT2D eigenvalue weighted by molar-refractivity contribution is 5.42. The molecule has 0 saturated carbocycles. The predicted molar refractivity (Wildman–Crippen MR) is 80.2 cm³/mol. The molecule has 1 aromatic carbocycles. The Labute approximate surface area is 117 Å². The van der Waals surface area contributed by atoms with Gasteiger partial charge in [0.05, 0.1) is 14.2 Å². The molecule has 0 bridgehead atoms. The largest absolute Gasteiger partial charge is 0.493 e. The van der Waals surface area contributed by atoms with E-state index in [1.165, 1.54) is 18.4 Å². The summed E-state index contributed by atoms with van der Waals surface area (Å²) in [5.41, 5.74) is 1.30. The standard InChI is InChI=1S/C16H27NO2/c1-5-11-17-14(6-2)9-7-13-8-10-15(18-3)16(12-13)19-4/h8,10,12,14,17H,5-7,9,11H2,1-4H3. The molecule has 1 rings (SSSR count). The Morgan fingerprint density at radius 2 is 1.84 bits per heavy atom. The van der Waals surface area contributed by atoms with Crippen molar-refractivity contribution < 1.29 is 9.47 Å². The van der Waals surface area contributed by atoms with Crippen molar-refractivity contribution in [3.63, 3.8) is 0 Å². The number of rotatable bonds is 9. The van der Waals surface area contributed by atoms with E-state index in [1.807, 2.05) is 6.07 Å². The minimum atomic E-state index is 0.605. The van der Waals surface area contributed by atoms with Crippen LogP contribution in [0.3, 0.4) is 0 Å². The SMILES string of the molecule is CCCNC(CC)CCc1ccc(OC)c(OC)c1. The first-order valence-corrected chi connectivity index (χ1v) is 7.19. The van der Waals surface area contributed by atoms with E-state index < -0.39 is 0 Å². The van der Waals surface area contributed by atoms with Crippen LogP contribution in [0.25, 0.3) is 0 Å². The van der Waals surface area contributed by atoms with Crippen molar-refractivity contribution in [2.24, 2.45) is 0 Å². The van der Waals surface area contributed by atoms with Crippen LogP contribution in [0.2, 0.25) is 0 Å². The molecule has 0 amide bonds. The fourth-order valence-corrected chi connectivity index (χ4v) is 2.18. The van der Waals surface area contributed by atoms with Crippen LogP contribution in [0.1, 0.15) is 38.7 Å². The molecule has 108 valence electrons. The topological polar surface area (TPSA) is 30.5 Å². The number of aryl methyl sites for hydroxylation is 1. The fraction of sp³-hybridized carbons (Fsp3) is 0.625. The van der Waals surface area contributed by atoms with Crippen LogP contribution >= 0.6 is 0 Å². The van der Waals surface area contributed by atoms with Crippen molar-refractivity contribution in [3.05, 3.63) is 23.8 Å².